The molecule has 0 aliphatic carbocycles. The van der Waals surface area contributed by atoms with E-state index in [0.29, 0.717) is 0 Å². The van der Waals surface area contributed by atoms with E-state index in [1.54, 1.807) is 16.8 Å². The molecule has 1 aromatic heterocycles. The maximum atomic E-state index is 10.9. The van der Waals surface area contributed by atoms with Crippen molar-refractivity contribution in [2.24, 2.45) is 7.05 Å². The van der Waals surface area contributed by atoms with Gasteiger partial charge in [0, 0.05) is 36.4 Å². The monoisotopic (exact) mass is 337 g/mol. The van der Waals surface area contributed by atoms with E-state index in [1.165, 1.54) is 0 Å². The number of aryl methyl sites for hydroxylation is 1. The van der Waals surface area contributed by atoms with Crippen molar-refractivity contribution in [3.05, 3.63) is 51.8 Å². The number of aromatic carboxylic acids is 1. The van der Waals surface area contributed by atoms with Crippen LogP contribution in [0.2, 0.25) is 0 Å². The Labute approximate surface area is 126 Å². The van der Waals surface area contributed by atoms with Gasteiger partial charge in [0.15, 0.2) is 0 Å². The maximum absolute atomic E-state index is 10.9. The van der Waals surface area contributed by atoms with Crippen molar-refractivity contribution >= 4 is 21.9 Å². The second-order valence-electron chi connectivity index (χ2n) is 4.81. The van der Waals surface area contributed by atoms with Crippen molar-refractivity contribution in [2.75, 3.05) is 7.05 Å². The van der Waals surface area contributed by atoms with E-state index in [0.717, 1.165) is 28.7 Å². The summed E-state index contributed by atoms with van der Waals surface area (Å²) < 4.78 is 2.59. The fourth-order valence-electron chi connectivity index (χ4n) is 2.02. The summed E-state index contributed by atoms with van der Waals surface area (Å²) in [7, 11) is 3.91. The van der Waals surface area contributed by atoms with Crippen molar-refractivity contribution in [1.82, 2.24) is 14.7 Å². The van der Waals surface area contributed by atoms with Gasteiger partial charge in [-0.15, -0.1) is 0 Å². The Kier molecular flexibility index (Phi) is 4.57. The third-order valence-electron chi connectivity index (χ3n) is 2.95. The molecule has 20 heavy (non-hydrogen) atoms. The molecule has 0 fully saturated rings. The number of nitrogens with zero attached hydrogens (tertiary/aromatic N) is 3. The summed E-state index contributed by atoms with van der Waals surface area (Å²) >= 11 is 3.43. The van der Waals surface area contributed by atoms with E-state index < -0.39 is 5.97 Å². The highest BCUT2D eigenvalue weighted by atomic mass is 79.9. The zero-order valence-corrected chi connectivity index (χ0v) is 13.0. The minimum Gasteiger partial charge on any atom is -0.478 e. The summed E-state index contributed by atoms with van der Waals surface area (Å²) in [6.45, 7) is 1.52. The molecule has 0 atom stereocenters. The van der Waals surface area contributed by atoms with E-state index in [1.807, 2.05) is 32.6 Å². The van der Waals surface area contributed by atoms with Gasteiger partial charge in [-0.05, 0) is 24.7 Å². The summed E-state index contributed by atoms with van der Waals surface area (Å²) in [6.07, 6.45) is 3.83. The van der Waals surface area contributed by atoms with Crippen molar-refractivity contribution < 1.29 is 9.90 Å². The molecule has 6 heteroatoms. The van der Waals surface area contributed by atoms with Crippen LogP contribution in [0.1, 0.15) is 21.5 Å². The van der Waals surface area contributed by atoms with Crippen molar-refractivity contribution in [1.29, 1.82) is 0 Å². The molecule has 106 valence electrons. The van der Waals surface area contributed by atoms with Crippen LogP contribution < -0.4 is 0 Å². The smallest absolute Gasteiger partial charge is 0.335 e. The number of carboxylic acid groups (broad SMARTS) is 1. The molecule has 5 nitrogen and oxygen atoms in total. The molecule has 1 heterocycles. The lowest BCUT2D eigenvalue weighted by Crippen LogP contribution is -2.17. The van der Waals surface area contributed by atoms with Gasteiger partial charge in [-0.3, -0.25) is 9.58 Å². The molecule has 0 bridgehead atoms. The lowest BCUT2D eigenvalue weighted by Gasteiger charge is -2.17. The Morgan fingerprint density at radius 3 is 2.75 bits per heavy atom. The third-order valence-corrected chi connectivity index (χ3v) is 3.69. The molecule has 0 saturated carbocycles. The Bertz CT molecular complexity index is 625. The van der Waals surface area contributed by atoms with E-state index in [-0.39, 0.29) is 5.56 Å². The predicted molar refractivity (Wildman–Crippen MR) is 79.5 cm³/mol. The van der Waals surface area contributed by atoms with Gasteiger partial charge in [0.05, 0.1) is 11.8 Å². The average molecular weight is 338 g/mol. The summed E-state index contributed by atoms with van der Waals surface area (Å²) in [6, 6.07) is 5.10. The molecule has 0 aliphatic rings. The van der Waals surface area contributed by atoms with Crippen LogP contribution in [0.25, 0.3) is 0 Å². The number of carboxylic acids is 1. The molecule has 0 unspecified atom stereocenters. The molecular weight excluding hydrogens is 322 g/mol. The van der Waals surface area contributed by atoms with Gasteiger partial charge in [0.1, 0.15) is 0 Å². The topological polar surface area (TPSA) is 58.4 Å². The Hall–Kier alpha value is -1.66. The van der Waals surface area contributed by atoms with Crippen LogP contribution in [0.5, 0.6) is 0 Å². The molecule has 0 spiro atoms. The van der Waals surface area contributed by atoms with Gasteiger partial charge in [0.2, 0.25) is 0 Å². The van der Waals surface area contributed by atoms with E-state index >= 15 is 0 Å². The molecule has 0 aliphatic heterocycles. The first kappa shape index (κ1) is 14.7. The first-order chi connectivity index (χ1) is 9.45. The minimum absolute atomic E-state index is 0.288. The van der Waals surface area contributed by atoms with Gasteiger partial charge >= 0.3 is 5.97 Å². The van der Waals surface area contributed by atoms with Crippen molar-refractivity contribution in [3.8, 4) is 0 Å². The van der Waals surface area contributed by atoms with Crippen molar-refractivity contribution in [3.63, 3.8) is 0 Å². The predicted octanol–water partition coefficient (Wildman–Crippen LogP) is 2.51. The van der Waals surface area contributed by atoms with Crippen LogP contribution in [0.3, 0.4) is 0 Å². The van der Waals surface area contributed by atoms with Crippen LogP contribution >= 0.6 is 15.9 Å². The minimum atomic E-state index is -0.916. The largest absolute Gasteiger partial charge is 0.478 e. The van der Waals surface area contributed by atoms with Crippen LogP contribution in [-0.4, -0.2) is 32.8 Å². The summed E-state index contributed by atoms with van der Waals surface area (Å²) in [5.41, 5.74) is 2.49. The quantitative estimate of drug-likeness (QED) is 0.910. The molecule has 0 radical (unpaired) electrons. The average Bonchev–Trinajstić information content (AvgIpc) is 2.77. The normalized spacial score (nSPS) is 11.0. The molecule has 2 rings (SSSR count). The third kappa shape index (κ3) is 3.68. The van der Waals surface area contributed by atoms with E-state index in [9.17, 15) is 4.79 Å². The highest BCUT2D eigenvalue weighted by Crippen LogP contribution is 2.20. The highest BCUT2D eigenvalue weighted by Gasteiger charge is 2.09. The standard InChI is InChI=1S/C14H16BrN3O2/c1-17(7-10-6-16-18(2)8-10)9-12-4-3-11(14(19)20)5-13(12)15/h3-6,8H,7,9H2,1-2H3,(H,19,20). The molecule has 0 saturated heterocycles. The first-order valence-corrected chi connectivity index (χ1v) is 6.93. The van der Waals surface area contributed by atoms with Gasteiger partial charge in [-0.1, -0.05) is 22.0 Å². The summed E-state index contributed by atoms with van der Waals surface area (Å²) in [5.74, 6) is -0.916. The van der Waals surface area contributed by atoms with Gasteiger partial charge < -0.3 is 5.11 Å². The second kappa shape index (κ2) is 6.19. The van der Waals surface area contributed by atoms with Crippen LogP contribution in [0.15, 0.2) is 35.1 Å². The summed E-state index contributed by atoms with van der Waals surface area (Å²) in [5, 5.41) is 13.1. The lowest BCUT2D eigenvalue weighted by molar-refractivity contribution is 0.0697. The molecule has 2 aromatic rings. The number of hydrogen-bond acceptors (Lipinski definition) is 3. The fourth-order valence-corrected chi connectivity index (χ4v) is 2.52. The fraction of sp³-hybridized carbons (Fsp3) is 0.286. The van der Waals surface area contributed by atoms with Crippen LogP contribution in [-0.2, 0) is 20.1 Å². The molecule has 1 N–H and O–H groups in total. The van der Waals surface area contributed by atoms with Crippen LogP contribution in [0, 0.1) is 0 Å². The number of halogens is 1. The van der Waals surface area contributed by atoms with Gasteiger partial charge in [-0.25, -0.2) is 4.79 Å². The Balaban J connectivity index is 2.04. The number of rotatable bonds is 5. The molecular formula is C14H16BrN3O2. The number of hydrogen-bond donors (Lipinski definition) is 1. The number of carbonyl (C=O) groups is 1. The maximum Gasteiger partial charge on any atom is 0.335 e. The zero-order valence-electron chi connectivity index (χ0n) is 11.4. The number of benzene rings is 1. The van der Waals surface area contributed by atoms with E-state index in [4.69, 9.17) is 5.11 Å². The number of aromatic nitrogens is 2. The SMILES string of the molecule is CN(Cc1cnn(C)c1)Cc1ccc(C(=O)O)cc1Br. The van der Waals surface area contributed by atoms with E-state index in [2.05, 4.69) is 25.9 Å². The first-order valence-electron chi connectivity index (χ1n) is 6.13. The summed E-state index contributed by atoms with van der Waals surface area (Å²) in [4.78, 5) is 13.0. The van der Waals surface area contributed by atoms with Crippen LogP contribution in [0.4, 0.5) is 0 Å². The highest BCUT2D eigenvalue weighted by molar-refractivity contribution is 9.10. The zero-order chi connectivity index (χ0) is 14.7. The van der Waals surface area contributed by atoms with Crippen molar-refractivity contribution in [2.45, 2.75) is 13.1 Å². The second-order valence-corrected chi connectivity index (χ2v) is 5.66. The van der Waals surface area contributed by atoms with Gasteiger partial charge in [-0.2, -0.15) is 5.10 Å². The lowest BCUT2D eigenvalue weighted by atomic mass is 10.1. The molecule has 0 amide bonds. The Morgan fingerprint density at radius 2 is 2.20 bits per heavy atom. The Morgan fingerprint density at radius 1 is 1.45 bits per heavy atom. The molecule has 1 aromatic carbocycles. The van der Waals surface area contributed by atoms with Gasteiger partial charge in [0.25, 0.3) is 0 Å².